The van der Waals surface area contributed by atoms with Gasteiger partial charge in [-0.15, -0.1) is 0 Å². The molecule has 1 rings (SSSR count). The van der Waals surface area contributed by atoms with Crippen LogP contribution in [0, 0.1) is 5.41 Å². The highest BCUT2D eigenvalue weighted by molar-refractivity contribution is 6.06. The van der Waals surface area contributed by atoms with Gasteiger partial charge in [0.2, 0.25) is 5.91 Å². The number of benzene rings is 1. The quantitative estimate of drug-likeness (QED) is 0.239. The molecule has 2 unspecified atom stereocenters. The van der Waals surface area contributed by atoms with Gasteiger partial charge in [0.25, 0.3) is 0 Å². The first-order valence-electron chi connectivity index (χ1n) is 11.6. The molecule has 0 saturated carbocycles. The smallest absolute Gasteiger partial charge is 0.333 e. The molecular weight excluding hydrogens is 466 g/mol. The van der Waals surface area contributed by atoms with Crippen LogP contribution in [0.3, 0.4) is 0 Å². The predicted molar refractivity (Wildman–Crippen MR) is 136 cm³/mol. The number of rotatable bonds is 13. The van der Waals surface area contributed by atoms with Crippen LogP contribution in [-0.4, -0.2) is 49.1 Å². The third kappa shape index (κ3) is 10.8. The van der Waals surface area contributed by atoms with Crippen LogP contribution in [0.2, 0.25) is 0 Å². The van der Waals surface area contributed by atoms with Crippen LogP contribution in [0.4, 0.5) is 5.69 Å². The number of hydrogen-bond donors (Lipinski definition) is 1. The van der Waals surface area contributed by atoms with E-state index in [4.69, 9.17) is 18.9 Å². The molecule has 0 aliphatic heterocycles. The van der Waals surface area contributed by atoms with Crippen LogP contribution in [0.1, 0.15) is 54.9 Å². The van der Waals surface area contributed by atoms with Crippen molar-refractivity contribution in [1.82, 2.24) is 0 Å². The largest absolute Gasteiger partial charge is 0.490 e. The first kappa shape index (κ1) is 30.4. The lowest BCUT2D eigenvalue weighted by molar-refractivity contribution is -0.145. The summed E-state index contributed by atoms with van der Waals surface area (Å²) in [5.41, 5.74) is 0.148. The monoisotopic (exact) mass is 503 g/mol. The van der Waals surface area contributed by atoms with Crippen LogP contribution in [0.5, 0.6) is 11.5 Å². The van der Waals surface area contributed by atoms with E-state index in [9.17, 15) is 19.2 Å². The van der Waals surface area contributed by atoms with Crippen molar-refractivity contribution >= 4 is 29.3 Å². The van der Waals surface area contributed by atoms with Gasteiger partial charge in [0.15, 0.2) is 0 Å². The summed E-state index contributed by atoms with van der Waals surface area (Å²) >= 11 is 0. The molecule has 0 radical (unpaired) electrons. The summed E-state index contributed by atoms with van der Waals surface area (Å²) in [5, 5.41) is 2.69. The number of Topliss-reactive ketones (excluding diaryl/α,β-unsaturated/α-hetero) is 1. The molecule has 1 amide bonds. The van der Waals surface area contributed by atoms with Gasteiger partial charge >= 0.3 is 11.9 Å². The highest BCUT2D eigenvalue weighted by Gasteiger charge is 2.24. The van der Waals surface area contributed by atoms with E-state index in [1.165, 1.54) is 6.07 Å². The maximum Gasteiger partial charge on any atom is 0.333 e. The molecule has 198 valence electrons. The lowest BCUT2D eigenvalue weighted by Crippen LogP contribution is -2.26. The zero-order valence-corrected chi connectivity index (χ0v) is 22.2. The Balaban J connectivity index is 2.99. The molecule has 0 fully saturated rings. The van der Waals surface area contributed by atoms with E-state index in [0.29, 0.717) is 11.5 Å². The fourth-order valence-corrected chi connectivity index (χ4v) is 2.48. The van der Waals surface area contributed by atoms with Gasteiger partial charge in [-0.1, -0.05) is 33.9 Å². The van der Waals surface area contributed by atoms with E-state index in [1.807, 2.05) is 0 Å². The summed E-state index contributed by atoms with van der Waals surface area (Å²) in [5.74, 6) is -1.12. The fraction of sp³-hybridized carbons (Fsp3) is 0.481. The molecule has 0 aliphatic carbocycles. The Morgan fingerprint density at radius 1 is 0.889 bits per heavy atom. The van der Waals surface area contributed by atoms with E-state index in [2.05, 4.69) is 18.5 Å². The minimum atomic E-state index is -0.665. The van der Waals surface area contributed by atoms with Gasteiger partial charge < -0.3 is 24.3 Å². The van der Waals surface area contributed by atoms with Crippen molar-refractivity contribution in [3.63, 3.8) is 0 Å². The number of carbonyl (C=O) groups is 4. The molecule has 0 spiro atoms. The highest BCUT2D eigenvalue weighted by atomic mass is 16.6. The standard InChI is InChI=1S/C27H37NO8/c1-16(2)25(31)35-18(5)14-33-20-10-11-22(34-15-19(6)36-26(32)17(3)4)21(12-20)28-24(30)13-23(29)27(7,8)9/h10-12,18-19H,1,3,13-15H2,2,4-9H3,(H,28,30). The Morgan fingerprint density at radius 3 is 1.86 bits per heavy atom. The minimum absolute atomic E-state index is 0.0108. The Bertz CT molecular complexity index is 1010. The number of ketones is 1. The number of hydrogen-bond acceptors (Lipinski definition) is 8. The van der Waals surface area contributed by atoms with E-state index in [-0.39, 0.29) is 42.3 Å². The van der Waals surface area contributed by atoms with Crippen molar-refractivity contribution < 1.29 is 38.1 Å². The topological polar surface area (TPSA) is 117 Å². The van der Waals surface area contributed by atoms with E-state index >= 15 is 0 Å². The van der Waals surface area contributed by atoms with Gasteiger partial charge in [0.1, 0.15) is 42.7 Å². The summed E-state index contributed by atoms with van der Waals surface area (Å²) in [6.45, 7) is 18.8. The molecule has 0 saturated heterocycles. The van der Waals surface area contributed by atoms with Crippen LogP contribution in [0.15, 0.2) is 42.5 Å². The normalized spacial score (nSPS) is 12.5. The van der Waals surface area contributed by atoms with Crippen molar-refractivity contribution in [3.05, 3.63) is 42.5 Å². The van der Waals surface area contributed by atoms with E-state index < -0.39 is 35.5 Å². The van der Waals surface area contributed by atoms with Crippen molar-refractivity contribution in [2.24, 2.45) is 5.41 Å². The molecular formula is C27H37NO8. The second-order valence-electron chi connectivity index (χ2n) is 9.67. The number of anilines is 1. The summed E-state index contributed by atoms with van der Waals surface area (Å²) in [4.78, 5) is 48.2. The maximum atomic E-state index is 12.6. The van der Waals surface area contributed by atoms with Crippen LogP contribution < -0.4 is 14.8 Å². The lowest BCUT2D eigenvalue weighted by Gasteiger charge is -2.19. The van der Waals surface area contributed by atoms with Gasteiger partial charge in [-0.25, -0.2) is 9.59 Å². The van der Waals surface area contributed by atoms with Gasteiger partial charge in [-0.3, -0.25) is 9.59 Å². The predicted octanol–water partition coefficient (Wildman–Crippen LogP) is 4.40. The second-order valence-corrected chi connectivity index (χ2v) is 9.67. The van der Waals surface area contributed by atoms with Gasteiger partial charge in [-0.05, 0) is 39.8 Å². The lowest BCUT2D eigenvalue weighted by atomic mass is 9.89. The average Bonchev–Trinajstić information content (AvgIpc) is 2.75. The van der Waals surface area contributed by atoms with Gasteiger partial charge in [0.05, 0.1) is 12.1 Å². The Kier molecular flexibility index (Phi) is 11.4. The molecule has 0 bridgehead atoms. The Morgan fingerprint density at radius 2 is 1.39 bits per heavy atom. The highest BCUT2D eigenvalue weighted by Crippen LogP contribution is 2.30. The van der Waals surface area contributed by atoms with Crippen molar-refractivity contribution in [2.45, 2.75) is 67.1 Å². The number of esters is 2. The first-order valence-corrected chi connectivity index (χ1v) is 11.6. The molecule has 0 heterocycles. The number of amides is 1. The third-order valence-corrected chi connectivity index (χ3v) is 4.65. The van der Waals surface area contributed by atoms with E-state index in [1.54, 1.807) is 60.6 Å². The fourth-order valence-electron chi connectivity index (χ4n) is 2.48. The maximum absolute atomic E-state index is 12.6. The molecule has 36 heavy (non-hydrogen) atoms. The first-order chi connectivity index (χ1) is 16.6. The molecule has 9 nitrogen and oxygen atoms in total. The SMILES string of the molecule is C=C(C)C(=O)OC(C)COc1ccc(OCC(C)OC(=O)C(=C)C)c(NC(=O)CC(=O)C(C)(C)C)c1. The number of ether oxygens (including phenoxy) is 4. The molecule has 1 aromatic carbocycles. The molecule has 1 aromatic rings. The third-order valence-electron chi connectivity index (χ3n) is 4.65. The molecule has 0 aliphatic rings. The minimum Gasteiger partial charge on any atom is -0.490 e. The van der Waals surface area contributed by atoms with Crippen molar-refractivity contribution in [2.75, 3.05) is 18.5 Å². The van der Waals surface area contributed by atoms with Crippen LogP contribution in [0.25, 0.3) is 0 Å². The second kappa shape index (κ2) is 13.5. The molecule has 2 atom stereocenters. The Hall–Kier alpha value is -3.62. The van der Waals surface area contributed by atoms with Gasteiger partial charge in [0, 0.05) is 22.6 Å². The summed E-state index contributed by atoms with van der Waals surface area (Å²) in [7, 11) is 0. The zero-order valence-electron chi connectivity index (χ0n) is 22.2. The average molecular weight is 504 g/mol. The Labute approximate surface area is 212 Å². The van der Waals surface area contributed by atoms with Crippen molar-refractivity contribution in [3.8, 4) is 11.5 Å². The van der Waals surface area contributed by atoms with Crippen LogP contribution in [-0.2, 0) is 28.7 Å². The summed E-state index contributed by atoms with van der Waals surface area (Å²) in [6, 6.07) is 4.73. The summed E-state index contributed by atoms with van der Waals surface area (Å²) < 4.78 is 21.9. The van der Waals surface area contributed by atoms with Gasteiger partial charge in [-0.2, -0.15) is 0 Å². The molecule has 9 heteroatoms. The number of carbonyl (C=O) groups excluding carboxylic acids is 4. The zero-order chi connectivity index (χ0) is 27.6. The molecule has 1 N–H and O–H groups in total. The molecule has 0 aromatic heterocycles. The van der Waals surface area contributed by atoms with Crippen LogP contribution >= 0.6 is 0 Å². The number of nitrogens with one attached hydrogen (secondary N) is 1. The summed E-state index contributed by atoms with van der Waals surface area (Å²) in [6.07, 6.45) is -1.44. The van der Waals surface area contributed by atoms with Crippen molar-refractivity contribution in [1.29, 1.82) is 0 Å². The van der Waals surface area contributed by atoms with E-state index in [0.717, 1.165) is 0 Å².